The number of aromatic nitrogens is 2. The number of amides is 1. The molecule has 2 aromatic heterocycles. The Balaban J connectivity index is 1.94. The van der Waals surface area contributed by atoms with Crippen molar-refractivity contribution in [2.24, 2.45) is 11.7 Å². The van der Waals surface area contributed by atoms with Gasteiger partial charge in [0.1, 0.15) is 11.7 Å². The second-order valence-corrected chi connectivity index (χ2v) is 7.80. The van der Waals surface area contributed by atoms with Crippen molar-refractivity contribution in [2.45, 2.75) is 44.2 Å². The average molecular weight is 448 g/mol. The number of rotatable bonds is 7. The molecule has 170 valence electrons. The van der Waals surface area contributed by atoms with E-state index < -0.39 is 52.7 Å². The summed E-state index contributed by atoms with van der Waals surface area (Å²) in [5, 5.41) is 13.7. The van der Waals surface area contributed by atoms with E-state index in [1.54, 1.807) is 6.92 Å². The number of alkyl halides is 2. The standard InChI is InChI=1S/C20H22F2N6O4/c1-10-9-20(21,22)19(27-13(10)2-3-15(23)29)18(30)17-16(24)12(5-7-26-17)14-8-11(28(31)32)4-6-25-14/h4-8,10,13,19,27H,2-3,9,24H2,1H3,(H2,23,29). The van der Waals surface area contributed by atoms with Crippen molar-refractivity contribution >= 4 is 23.1 Å². The maximum Gasteiger partial charge on any atom is 0.273 e. The van der Waals surface area contributed by atoms with Crippen LogP contribution in [0.15, 0.2) is 30.6 Å². The molecule has 0 aliphatic carbocycles. The second kappa shape index (κ2) is 8.91. The molecule has 5 N–H and O–H groups in total. The fourth-order valence-corrected chi connectivity index (χ4v) is 3.83. The maximum absolute atomic E-state index is 14.8. The van der Waals surface area contributed by atoms with Crippen molar-refractivity contribution in [1.29, 1.82) is 0 Å². The van der Waals surface area contributed by atoms with Crippen molar-refractivity contribution in [2.75, 3.05) is 5.73 Å². The lowest BCUT2D eigenvalue weighted by molar-refractivity contribution is -0.384. The van der Waals surface area contributed by atoms with Gasteiger partial charge in [-0.3, -0.25) is 35.0 Å². The number of piperidine rings is 1. The number of hydrogen-bond donors (Lipinski definition) is 3. The third-order valence-electron chi connectivity index (χ3n) is 5.50. The van der Waals surface area contributed by atoms with E-state index >= 15 is 0 Å². The van der Waals surface area contributed by atoms with Crippen LogP contribution in [0.4, 0.5) is 20.2 Å². The number of hydrogen-bond acceptors (Lipinski definition) is 8. The Bertz CT molecular complexity index is 1060. The molecule has 1 aliphatic heterocycles. The fourth-order valence-electron chi connectivity index (χ4n) is 3.83. The molecular weight excluding hydrogens is 426 g/mol. The number of carbonyl (C=O) groups is 2. The maximum atomic E-state index is 14.8. The summed E-state index contributed by atoms with van der Waals surface area (Å²) in [7, 11) is 0. The van der Waals surface area contributed by atoms with Crippen LogP contribution in [0, 0.1) is 16.0 Å². The molecule has 2 aromatic rings. The molecule has 12 heteroatoms. The van der Waals surface area contributed by atoms with E-state index in [1.165, 1.54) is 24.5 Å². The highest BCUT2D eigenvalue weighted by Crippen LogP contribution is 2.37. The molecule has 1 aliphatic rings. The number of anilines is 1. The molecule has 1 amide bonds. The van der Waals surface area contributed by atoms with Gasteiger partial charge in [0.25, 0.3) is 11.6 Å². The molecule has 3 unspecified atom stereocenters. The van der Waals surface area contributed by atoms with Crippen LogP contribution < -0.4 is 16.8 Å². The highest BCUT2D eigenvalue weighted by molar-refractivity contribution is 6.05. The summed E-state index contributed by atoms with van der Waals surface area (Å²) >= 11 is 0. The monoisotopic (exact) mass is 448 g/mol. The fraction of sp³-hybridized carbons (Fsp3) is 0.400. The van der Waals surface area contributed by atoms with E-state index in [2.05, 4.69) is 15.3 Å². The van der Waals surface area contributed by atoms with Crippen LogP contribution in [0.1, 0.15) is 36.7 Å². The first-order valence-electron chi connectivity index (χ1n) is 9.83. The van der Waals surface area contributed by atoms with E-state index in [9.17, 15) is 28.5 Å². The van der Waals surface area contributed by atoms with E-state index in [1.807, 2.05) is 0 Å². The van der Waals surface area contributed by atoms with Gasteiger partial charge in [-0.1, -0.05) is 6.92 Å². The molecule has 0 saturated carbocycles. The third-order valence-corrected chi connectivity index (χ3v) is 5.50. The molecule has 32 heavy (non-hydrogen) atoms. The molecular formula is C20H22F2N6O4. The minimum atomic E-state index is -3.38. The van der Waals surface area contributed by atoms with Gasteiger partial charge in [-0.2, -0.15) is 0 Å². The number of nitrogens with two attached hydrogens (primary N) is 2. The van der Waals surface area contributed by atoms with Gasteiger partial charge in [0.15, 0.2) is 0 Å². The van der Waals surface area contributed by atoms with Crippen molar-refractivity contribution < 1.29 is 23.3 Å². The van der Waals surface area contributed by atoms with Gasteiger partial charge in [0, 0.05) is 49.0 Å². The minimum absolute atomic E-state index is 0.0111. The number of carbonyl (C=O) groups excluding carboxylic acids is 2. The Kier molecular flexibility index (Phi) is 6.44. The number of nitro groups is 1. The largest absolute Gasteiger partial charge is 0.396 e. The average Bonchev–Trinajstić information content (AvgIpc) is 2.72. The van der Waals surface area contributed by atoms with Crippen LogP contribution >= 0.6 is 0 Å². The van der Waals surface area contributed by atoms with E-state index in [-0.39, 0.29) is 35.5 Å². The lowest BCUT2D eigenvalue weighted by Gasteiger charge is -2.40. The van der Waals surface area contributed by atoms with Crippen LogP contribution in [0.5, 0.6) is 0 Å². The number of Topliss-reactive ketones (excluding diaryl/α,β-unsaturated/α-hetero) is 1. The predicted molar refractivity (Wildman–Crippen MR) is 111 cm³/mol. The van der Waals surface area contributed by atoms with Gasteiger partial charge in [0.2, 0.25) is 11.7 Å². The third kappa shape index (κ3) is 4.69. The lowest BCUT2D eigenvalue weighted by Crippen LogP contribution is -2.61. The molecule has 3 heterocycles. The molecule has 10 nitrogen and oxygen atoms in total. The van der Waals surface area contributed by atoms with Gasteiger partial charge in [-0.05, 0) is 18.4 Å². The Morgan fingerprint density at radius 3 is 2.66 bits per heavy atom. The topological polar surface area (TPSA) is 167 Å². The molecule has 0 radical (unpaired) electrons. The highest BCUT2D eigenvalue weighted by atomic mass is 19.3. The number of halogens is 2. The van der Waals surface area contributed by atoms with Gasteiger partial charge in [0.05, 0.1) is 16.3 Å². The summed E-state index contributed by atoms with van der Waals surface area (Å²) in [6, 6.07) is 1.31. The van der Waals surface area contributed by atoms with Gasteiger partial charge >= 0.3 is 0 Å². The molecule has 3 rings (SSSR count). The Morgan fingerprint density at radius 1 is 1.31 bits per heavy atom. The van der Waals surface area contributed by atoms with E-state index in [4.69, 9.17) is 11.5 Å². The van der Waals surface area contributed by atoms with Gasteiger partial charge < -0.3 is 11.5 Å². The first-order valence-corrected chi connectivity index (χ1v) is 9.83. The summed E-state index contributed by atoms with van der Waals surface area (Å²) in [5.41, 5.74) is 10.6. The number of nitrogen functional groups attached to an aromatic ring is 1. The smallest absolute Gasteiger partial charge is 0.273 e. The summed E-state index contributed by atoms with van der Waals surface area (Å²) in [5.74, 6) is -5.47. The zero-order chi connectivity index (χ0) is 23.6. The van der Waals surface area contributed by atoms with Crippen LogP contribution in [0.3, 0.4) is 0 Å². The Hall–Kier alpha value is -3.54. The van der Waals surface area contributed by atoms with Crippen LogP contribution in [0.25, 0.3) is 11.3 Å². The van der Waals surface area contributed by atoms with Crippen molar-refractivity contribution in [3.05, 3.63) is 46.4 Å². The molecule has 3 atom stereocenters. The minimum Gasteiger partial charge on any atom is -0.396 e. The van der Waals surface area contributed by atoms with Crippen molar-refractivity contribution in [1.82, 2.24) is 15.3 Å². The first-order chi connectivity index (χ1) is 15.0. The van der Waals surface area contributed by atoms with Crippen molar-refractivity contribution in [3.8, 4) is 11.3 Å². The normalized spacial score (nSPS) is 22.3. The summed E-state index contributed by atoms with van der Waals surface area (Å²) in [4.78, 5) is 42.5. The molecule has 0 spiro atoms. The second-order valence-electron chi connectivity index (χ2n) is 7.80. The quantitative estimate of drug-likeness (QED) is 0.329. The number of nitrogens with zero attached hydrogens (tertiary/aromatic N) is 3. The van der Waals surface area contributed by atoms with Crippen LogP contribution in [-0.4, -0.2) is 44.6 Å². The Labute approximate surface area is 181 Å². The van der Waals surface area contributed by atoms with Crippen LogP contribution in [0.2, 0.25) is 0 Å². The predicted octanol–water partition coefficient (Wildman–Crippen LogP) is 2.08. The number of ketones is 1. The first kappa shape index (κ1) is 23.1. The summed E-state index contributed by atoms with van der Waals surface area (Å²) in [6.45, 7) is 1.61. The number of pyridine rings is 2. The van der Waals surface area contributed by atoms with Crippen LogP contribution in [-0.2, 0) is 4.79 Å². The lowest BCUT2D eigenvalue weighted by atomic mass is 9.82. The van der Waals surface area contributed by atoms with E-state index in [0.717, 1.165) is 6.07 Å². The van der Waals surface area contributed by atoms with Gasteiger partial charge in [-0.25, -0.2) is 8.78 Å². The number of primary amides is 1. The van der Waals surface area contributed by atoms with Crippen molar-refractivity contribution in [3.63, 3.8) is 0 Å². The summed E-state index contributed by atoms with van der Waals surface area (Å²) < 4.78 is 29.6. The molecule has 0 bridgehead atoms. The zero-order valence-corrected chi connectivity index (χ0v) is 17.1. The number of nitrogens with one attached hydrogen (secondary N) is 1. The van der Waals surface area contributed by atoms with E-state index in [0.29, 0.717) is 0 Å². The molecule has 1 saturated heterocycles. The zero-order valence-electron chi connectivity index (χ0n) is 17.1. The highest BCUT2D eigenvalue weighted by Gasteiger charge is 2.51. The SMILES string of the molecule is CC1CC(F)(F)C(C(=O)c2nccc(-c3cc([N+](=O)[O-])ccn3)c2N)NC1CCC(N)=O. The molecule has 0 aromatic carbocycles. The Morgan fingerprint density at radius 2 is 2.00 bits per heavy atom. The molecule has 1 fully saturated rings. The summed E-state index contributed by atoms with van der Waals surface area (Å²) in [6.07, 6.45) is 2.04. The van der Waals surface area contributed by atoms with Gasteiger partial charge in [-0.15, -0.1) is 0 Å².